The van der Waals surface area contributed by atoms with Crippen LogP contribution in [0, 0.1) is 6.92 Å². The SMILES string of the molecule is Cc1cccc(Cn2nc(C(=O)O)ccc2=O)c1. The first kappa shape index (κ1) is 12.0. The predicted octanol–water partition coefficient (Wildman–Crippen LogP) is 1.30. The average Bonchev–Trinajstić information content (AvgIpc) is 2.31. The molecule has 0 saturated carbocycles. The van der Waals surface area contributed by atoms with Gasteiger partial charge in [0.15, 0.2) is 5.69 Å². The second-order valence-electron chi connectivity index (χ2n) is 4.01. The summed E-state index contributed by atoms with van der Waals surface area (Å²) in [6, 6.07) is 10.1. The molecule has 2 aromatic rings. The minimum atomic E-state index is -1.15. The molecule has 0 aliphatic rings. The van der Waals surface area contributed by atoms with E-state index in [1.54, 1.807) is 0 Å². The fourth-order valence-electron chi connectivity index (χ4n) is 1.66. The molecule has 0 bridgehead atoms. The van der Waals surface area contributed by atoms with Crippen LogP contribution < -0.4 is 5.56 Å². The lowest BCUT2D eigenvalue weighted by Crippen LogP contribution is -2.24. The molecule has 18 heavy (non-hydrogen) atoms. The highest BCUT2D eigenvalue weighted by molar-refractivity contribution is 5.84. The van der Waals surface area contributed by atoms with Crippen LogP contribution in [0.25, 0.3) is 0 Å². The summed E-state index contributed by atoms with van der Waals surface area (Å²) in [7, 11) is 0. The van der Waals surface area contributed by atoms with Gasteiger partial charge in [0.25, 0.3) is 5.56 Å². The van der Waals surface area contributed by atoms with E-state index in [1.807, 2.05) is 31.2 Å². The van der Waals surface area contributed by atoms with E-state index < -0.39 is 5.97 Å². The molecule has 1 aromatic heterocycles. The number of carboxylic acids is 1. The average molecular weight is 244 g/mol. The molecule has 0 aliphatic heterocycles. The zero-order valence-corrected chi connectivity index (χ0v) is 9.83. The second-order valence-corrected chi connectivity index (χ2v) is 4.01. The maximum Gasteiger partial charge on any atom is 0.356 e. The Morgan fingerprint density at radius 2 is 2.11 bits per heavy atom. The molecule has 1 aromatic carbocycles. The van der Waals surface area contributed by atoms with Gasteiger partial charge in [0.05, 0.1) is 6.54 Å². The minimum absolute atomic E-state index is 0.137. The van der Waals surface area contributed by atoms with Gasteiger partial charge in [0, 0.05) is 6.07 Å². The molecule has 5 heteroatoms. The van der Waals surface area contributed by atoms with Crippen LogP contribution in [-0.2, 0) is 6.54 Å². The van der Waals surface area contributed by atoms with E-state index in [0.717, 1.165) is 15.8 Å². The quantitative estimate of drug-likeness (QED) is 0.883. The fraction of sp³-hybridized carbons (Fsp3) is 0.154. The highest BCUT2D eigenvalue weighted by atomic mass is 16.4. The van der Waals surface area contributed by atoms with E-state index in [4.69, 9.17) is 5.11 Å². The third kappa shape index (κ3) is 2.63. The number of hydrogen-bond acceptors (Lipinski definition) is 3. The molecule has 92 valence electrons. The monoisotopic (exact) mass is 244 g/mol. The highest BCUT2D eigenvalue weighted by Crippen LogP contribution is 2.04. The van der Waals surface area contributed by atoms with Crippen molar-refractivity contribution in [2.24, 2.45) is 0 Å². The summed E-state index contributed by atoms with van der Waals surface area (Å²) in [5, 5.41) is 12.6. The predicted molar refractivity (Wildman–Crippen MR) is 65.7 cm³/mol. The number of hydrogen-bond donors (Lipinski definition) is 1. The van der Waals surface area contributed by atoms with Gasteiger partial charge >= 0.3 is 5.97 Å². The molecule has 0 radical (unpaired) electrons. The van der Waals surface area contributed by atoms with Gasteiger partial charge in [-0.3, -0.25) is 4.79 Å². The van der Waals surface area contributed by atoms with Gasteiger partial charge in [0.1, 0.15) is 0 Å². The number of aryl methyl sites for hydroxylation is 1. The molecule has 0 atom stereocenters. The Morgan fingerprint density at radius 1 is 1.33 bits per heavy atom. The van der Waals surface area contributed by atoms with Gasteiger partial charge < -0.3 is 5.11 Å². The van der Waals surface area contributed by atoms with E-state index in [9.17, 15) is 9.59 Å². The molecule has 0 unspecified atom stereocenters. The molecular weight excluding hydrogens is 232 g/mol. The van der Waals surface area contributed by atoms with E-state index in [-0.39, 0.29) is 17.8 Å². The summed E-state index contributed by atoms with van der Waals surface area (Å²) in [4.78, 5) is 22.4. The largest absolute Gasteiger partial charge is 0.476 e. The molecule has 0 fully saturated rings. The summed E-state index contributed by atoms with van der Waals surface area (Å²) in [6.45, 7) is 2.22. The maximum absolute atomic E-state index is 11.6. The molecule has 0 saturated heterocycles. The number of carbonyl (C=O) groups is 1. The van der Waals surface area contributed by atoms with Crippen LogP contribution in [0.5, 0.6) is 0 Å². The van der Waals surface area contributed by atoms with Crippen LogP contribution in [0.1, 0.15) is 21.6 Å². The Bertz CT molecular complexity index is 647. The molecule has 0 spiro atoms. The zero-order chi connectivity index (χ0) is 13.1. The van der Waals surface area contributed by atoms with Crippen molar-refractivity contribution in [2.75, 3.05) is 0 Å². The van der Waals surface area contributed by atoms with Crippen molar-refractivity contribution in [3.05, 3.63) is 63.6 Å². The van der Waals surface area contributed by atoms with Gasteiger partial charge in [-0.25, -0.2) is 9.48 Å². The van der Waals surface area contributed by atoms with Crippen molar-refractivity contribution in [1.29, 1.82) is 0 Å². The van der Waals surface area contributed by atoms with Crippen molar-refractivity contribution in [3.63, 3.8) is 0 Å². The van der Waals surface area contributed by atoms with Crippen LogP contribution in [0.3, 0.4) is 0 Å². The summed E-state index contributed by atoms with van der Waals surface area (Å²) in [5.41, 5.74) is 1.53. The number of rotatable bonds is 3. The molecule has 1 N–H and O–H groups in total. The van der Waals surface area contributed by atoms with Crippen LogP contribution in [-0.4, -0.2) is 20.9 Å². The van der Waals surface area contributed by atoms with Crippen molar-refractivity contribution in [2.45, 2.75) is 13.5 Å². The highest BCUT2D eigenvalue weighted by Gasteiger charge is 2.07. The molecule has 1 heterocycles. The third-order valence-electron chi connectivity index (χ3n) is 2.50. The Kier molecular flexibility index (Phi) is 3.23. The number of benzene rings is 1. The summed E-state index contributed by atoms with van der Waals surface area (Å²) >= 11 is 0. The van der Waals surface area contributed by atoms with E-state index in [0.29, 0.717) is 0 Å². The van der Waals surface area contributed by atoms with Crippen LogP contribution in [0.2, 0.25) is 0 Å². The van der Waals surface area contributed by atoms with Crippen molar-refractivity contribution >= 4 is 5.97 Å². The van der Waals surface area contributed by atoms with Crippen LogP contribution in [0.4, 0.5) is 0 Å². The third-order valence-corrected chi connectivity index (χ3v) is 2.50. The first-order chi connectivity index (χ1) is 8.56. The van der Waals surface area contributed by atoms with Crippen molar-refractivity contribution in [3.8, 4) is 0 Å². The number of aromatic nitrogens is 2. The number of nitrogens with zero attached hydrogens (tertiary/aromatic N) is 2. The van der Waals surface area contributed by atoms with E-state index in [2.05, 4.69) is 5.10 Å². The fourth-order valence-corrected chi connectivity index (χ4v) is 1.66. The standard InChI is InChI=1S/C13H12N2O3/c1-9-3-2-4-10(7-9)8-15-12(16)6-5-11(14-15)13(17)18/h2-7H,8H2,1H3,(H,17,18). The molecule has 0 aliphatic carbocycles. The molecule has 5 nitrogen and oxygen atoms in total. The van der Waals surface area contributed by atoms with Gasteiger partial charge in [-0.1, -0.05) is 29.8 Å². The van der Waals surface area contributed by atoms with E-state index >= 15 is 0 Å². The van der Waals surface area contributed by atoms with Gasteiger partial charge in [-0.05, 0) is 18.6 Å². The van der Waals surface area contributed by atoms with Gasteiger partial charge in [0.2, 0.25) is 0 Å². The summed E-state index contributed by atoms with van der Waals surface area (Å²) < 4.78 is 1.15. The smallest absolute Gasteiger partial charge is 0.356 e. The minimum Gasteiger partial charge on any atom is -0.476 e. The van der Waals surface area contributed by atoms with Gasteiger partial charge in [-0.15, -0.1) is 0 Å². The van der Waals surface area contributed by atoms with Gasteiger partial charge in [-0.2, -0.15) is 5.10 Å². The normalized spacial score (nSPS) is 10.3. The maximum atomic E-state index is 11.6. The van der Waals surface area contributed by atoms with Crippen LogP contribution >= 0.6 is 0 Å². The second kappa shape index (κ2) is 4.83. The molecular formula is C13H12N2O3. The van der Waals surface area contributed by atoms with Crippen molar-refractivity contribution in [1.82, 2.24) is 9.78 Å². The summed E-state index contributed by atoms with van der Waals surface area (Å²) in [5.74, 6) is -1.15. The van der Waals surface area contributed by atoms with E-state index in [1.165, 1.54) is 12.1 Å². The van der Waals surface area contributed by atoms with Crippen LogP contribution in [0.15, 0.2) is 41.2 Å². The Labute approximate surface area is 103 Å². The number of aromatic carboxylic acids is 1. The Balaban J connectivity index is 2.37. The summed E-state index contributed by atoms with van der Waals surface area (Å²) in [6.07, 6.45) is 0. The zero-order valence-electron chi connectivity index (χ0n) is 9.83. The first-order valence-corrected chi connectivity index (χ1v) is 5.43. The number of carboxylic acid groups (broad SMARTS) is 1. The van der Waals surface area contributed by atoms with Crippen molar-refractivity contribution < 1.29 is 9.90 Å². The lowest BCUT2D eigenvalue weighted by Gasteiger charge is -2.06. The lowest BCUT2D eigenvalue weighted by molar-refractivity contribution is 0.0687. The molecule has 2 rings (SSSR count). The first-order valence-electron chi connectivity index (χ1n) is 5.43. The topological polar surface area (TPSA) is 72.2 Å². The lowest BCUT2D eigenvalue weighted by atomic mass is 10.1. The Hall–Kier alpha value is -2.43. The Morgan fingerprint density at radius 3 is 2.78 bits per heavy atom. The molecule has 0 amide bonds.